The zero-order valence-electron chi connectivity index (χ0n) is 21.7. The van der Waals surface area contributed by atoms with Gasteiger partial charge in [-0.05, 0) is 32.0 Å². The molecule has 4 heterocycles. The van der Waals surface area contributed by atoms with Gasteiger partial charge in [-0.1, -0.05) is 6.07 Å². The predicted octanol–water partition coefficient (Wildman–Crippen LogP) is 1.98. The largest absolute Gasteiger partial charge is 0.382 e. The van der Waals surface area contributed by atoms with Gasteiger partial charge in [0.15, 0.2) is 5.78 Å². The second kappa shape index (κ2) is 11.7. The van der Waals surface area contributed by atoms with Crippen LogP contribution in [0, 0.1) is 0 Å². The Morgan fingerprint density at radius 3 is 2.58 bits per heavy atom. The molecule has 3 atom stereocenters. The van der Waals surface area contributed by atoms with Gasteiger partial charge in [-0.15, -0.1) is 11.3 Å². The van der Waals surface area contributed by atoms with E-state index in [0.717, 1.165) is 29.1 Å². The van der Waals surface area contributed by atoms with Crippen LogP contribution in [0.2, 0.25) is 0 Å². The van der Waals surface area contributed by atoms with E-state index in [4.69, 9.17) is 14.5 Å². The molecule has 0 bridgehead atoms. The molecule has 11 nitrogen and oxygen atoms in total. The number of amides is 1. The minimum atomic E-state index is -3.52. The number of morpholine rings is 1. The van der Waals surface area contributed by atoms with Crippen molar-refractivity contribution in [3.8, 4) is 11.4 Å². The number of nitrogens with zero attached hydrogens (tertiary/aromatic N) is 4. The van der Waals surface area contributed by atoms with E-state index in [-0.39, 0.29) is 36.6 Å². The minimum Gasteiger partial charge on any atom is -0.382 e. The van der Waals surface area contributed by atoms with Gasteiger partial charge >= 0.3 is 0 Å². The fourth-order valence-electron chi connectivity index (χ4n) is 4.23. The number of methoxy groups -OCH3 is 1. The average Bonchev–Trinajstić information content (AvgIpc) is 3.53. The fraction of sp³-hybridized carbons (Fsp3) is 0.440. The van der Waals surface area contributed by atoms with Gasteiger partial charge in [-0.25, -0.2) is 18.4 Å². The summed E-state index contributed by atoms with van der Waals surface area (Å²) >= 11 is 1.34. The molecule has 1 aliphatic heterocycles. The van der Waals surface area contributed by atoms with Gasteiger partial charge < -0.3 is 19.7 Å². The highest BCUT2D eigenvalue weighted by atomic mass is 32.2. The van der Waals surface area contributed by atoms with Crippen molar-refractivity contribution in [2.75, 3.05) is 38.0 Å². The van der Waals surface area contributed by atoms with Gasteiger partial charge in [0.25, 0.3) is 5.91 Å². The van der Waals surface area contributed by atoms with Crippen molar-refractivity contribution in [3.63, 3.8) is 0 Å². The van der Waals surface area contributed by atoms with E-state index in [2.05, 4.69) is 15.2 Å². The highest BCUT2D eigenvalue weighted by Gasteiger charge is 2.25. The molecule has 3 aromatic rings. The first kappa shape index (κ1) is 27.9. The maximum Gasteiger partial charge on any atom is 0.253 e. The molecule has 0 aromatic carbocycles. The Balaban J connectivity index is 1.43. The third-order valence-electron chi connectivity index (χ3n) is 5.96. The second-order valence-corrected chi connectivity index (χ2v) is 12.1. The van der Waals surface area contributed by atoms with Crippen molar-refractivity contribution in [2.45, 2.75) is 38.5 Å². The highest BCUT2D eigenvalue weighted by Crippen LogP contribution is 2.25. The van der Waals surface area contributed by atoms with Crippen LogP contribution >= 0.6 is 11.3 Å². The van der Waals surface area contributed by atoms with Crippen LogP contribution in [0.15, 0.2) is 42.0 Å². The molecule has 3 aromatic heterocycles. The zero-order chi connectivity index (χ0) is 27.4. The Morgan fingerprint density at radius 1 is 1.18 bits per heavy atom. The molecule has 38 heavy (non-hydrogen) atoms. The molecule has 1 N–H and O–H groups in total. The summed E-state index contributed by atoms with van der Waals surface area (Å²) in [5.41, 5.74) is 1.50. The number of thiazole rings is 1. The Hall–Kier alpha value is -3.13. The third-order valence-corrected chi connectivity index (χ3v) is 7.80. The lowest BCUT2D eigenvalue weighted by Crippen LogP contribution is -2.45. The number of nitrogens with one attached hydrogen (secondary N) is 1. The molecule has 1 fully saturated rings. The van der Waals surface area contributed by atoms with E-state index in [1.165, 1.54) is 36.9 Å². The molecular formula is C25H31N5O6S2. The first-order chi connectivity index (χ1) is 18.0. The molecule has 1 aliphatic rings. The van der Waals surface area contributed by atoms with E-state index in [9.17, 15) is 18.0 Å². The molecule has 0 saturated carbocycles. The quantitative estimate of drug-likeness (QED) is 0.395. The Morgan fingerprint density at radius 2 is 1.92 bits per heavy atom. The van der Waals surface area contributed by atoms with Crippen LogP contribution in [0.4, 0.5) is 5.82 Å². The number of ketones is 1. The molecule has 0 unspecified atom stereocenters. The minimum absolute atomic E-state index is 0.00150. The van der Waals surface area contributed by atoms with Crippen LogP contribution in [-0.4, -0.2) is 85.4 Å². The lowest BCUT2D eigenvalue weighted by molar-refractivity contribution is -0.121. The number of aromatic nitrogens is 3. The molecular weight excluding hydrogens is 530 g/mol. The number of ether oxygens (including phenoxy) is 2. The predicted molar refractivity (Wildman–Crippen MR) is 144 cm³/mol. The van der Waals surface area contributed by atoms with Gasteiger partial charge in [-0.3, -0.25) is 13.6 Å². The molecule has 0 spiro atoms. The molecule has 13 heteroatoms. The van der Waals surface area contributed by atoms with Gasteiger partial charge in [0.2, 0.25) is 10.0 Å². The smallest absolute Gasteiger partial charge is 0.253 e. The van der Waals surface area contributed by atoms with E-state index >= 15 is 0 Å². The number of hydrogen-bond donors (Lipinski definition) is 1. The number of hydrogen-bond acceptors (Lipinski definition) is 10. The van der Waals surface area contributed by atoms with Crippen molar-refractivity contribution < 1.29 is 27.5 Å². The lowest BCUT2D eigenvalue weighted by Gasteiger charge is -2.36. The maximum absolute atomic E-state index is 13.0. The summed E-state index contributed by atoms with van der Waals surface area (Å²) in [4.78, 5) is 37.3. The number of pyridine rings is 1. The zero-order valence-corrected chi connectivity index (χ0v) is 23.3. The summed E-state index contributed by atoms with van der Waals surface area (Å²) in [5, 5.41) is 5.08. The first-order valence-electron chi connectivity index (χ1n) is 12.1. The third kappa shape index (κ3) is 6.84. The van der Waals surface area contributed by atoms with Gasteiger partial charge in [0.1, 0.15) is 16.9 Å². The number of carbonyl (C=O) groups excluding carboxylic acids is 2. The standard InChI is InChI=1S/C25H31N5O6S2/c1-16-11-29(12-17(2)36-16)23-7-5-6-19(26-23)21-15-37-24(27-21)10-22(31)20(14-35-3)28-25(32)18-8-9-30(13-18)38(4,33)34/h5-9,13,15-17,20H,10-12,14H2,1-4H3,(H,28,32)/t16-,17+,20-/m0/s1. The van der Waals surface area contributed by atoms with Crippen LogP contribution in [0.25, 0.3) is 11.4 Å². The number of carbonyl (C=O) groups is 2. The Bertz CT molecular complexity index is 1390. The van der Waals surface area contributed by atoms with Crippen molar-refractivity contribution >= 4 is 38.9 Å². The van der Waals surface area contributed by atoms with E-state index < -0.39 is 22.0 Å². The average molecular weight is 562 g/mol. The van der Waals surface area contributed by atoms with Gasteiger partial charge in [0, 0.05) is 38.0 Å². The van der Waals surface area contributed by atoms with Crippen LogP contribution in [0.3, 0.4) is 0 Å². The summed E-state index contributed by atoms with van der Waals surface area (Å²) < 4.78 is 35.3. The fourth-order valence-corrected chi connectivity index (χ4v) is 5.61. The summed E-state index contributed by atoms with van der Waals surface area (Å²) in [6.45, 7) is 5.56. The lowest BCUT2D eigenvalue weighted by atomic mass is 10.1. The van der Waals surface area contributed by atoms with Gasteiger partial charge in [0.05, 0.1) is 48.4 Å². The summed E-state index contributed by atoms with van der Waals surface area (Å²) in [7, 11) is -2.09. The molecule has 0 aliphatic carbocycles. The summed E-state index contributed by atoms with van der Waals surface area (Å²) in [6, 6.07) is 6.24. The normalized spacial score (nSPS) is 18.8. The van der Waals surface area contributed by atoms with E-state index in [1.54, 1.807) is 0 Å². The summed E-state index contributed by atoms with van der Waals surface area (Å²) in [5.74, 6) is -0.000238. The molecule has 1 saturated heterocycles. The Labute approximate surface area is 225 Å². The molecule has 0 radical (unpaired) electrons. The highest BCUT2D eigenvalue weighted by molar-refractivity contribution is 7.89. The maximum atomic E-state index is 13.0. The molecule has 1 amide bonds. The second-order valence-electron chi connectivity index (χ2n) is 9.29. The van der Waals surface area contributed by atoms with Crippen LogP contribution in [-0.2, 0) is 30.7 Å². The first-order valence-corrected chi connectivity index (χ1v) is 14.8. The molecule has 204 valence electrons. The number of anilines is 1. The van der Waals surface area contributed by atoms with Gasteiger partial charge in [-0.2, -0.15) is 0 Å². The van der Waals surface area contributed by atoms with Crippen molar-refractivity contribution in [1.29, 1.82) is 0 Å². The number of rotatable bonds is 10. The van der Waals surface area contributed by atoms with Crippen molar-refractivity contribution in [1.82, 2.24) is 19.3 Å². The monoisotopic (exact) mass is 561 g/mol. The SMILES string of the molecule is COC[C@H](NC(=O)c1ccn(S(C)(=O)=O)c1)C(=O)Cc1nc(-c2cccc(N3C[C@@H](C)O[C@@H](C)C3)n2)cs1. The van der Waals surface area contributed by atoms with E-state index in [1.807, 2.05) is 37.4 Å². The van der Waals surface area contributed by atoms with E-state index in [0.29, 0.717) is 16.4 Å². The summed E-state index contributed by atoms with van der Waals surface area (Å²) in [6.07, 6.45) is 3.73. The van der Waals surface area contributed by atoms with Crippen LogP contribution in [0.5, 0.6) is 0 Å². The van der Waals surface area contributed by atoms with Crippen LogP contribution < -0.4 is 10.2 Å². The molecule has 4 rings (SSSR count). The van der Waals surface area contributed by atoms with Crippen molar-refractivity contribution in [2.24, 2.45) is 0 Å². The van der Waals surface area contributed by atoms with Crippen LogP contribution in [0.1, 0.15) is 29.2 Å². The number of Topliss-reactive ketones (excluding diaryl/α,β-unsaturated/α-hetero) is 1. The Kier molecular flexibility index (Phi) is 8.61. The topological polar surface area (TPSA) is 133 Å². The van der Waals surface area contributed by atoms with Crippen molar-refractivity contribution in [3.05, 3.63) is 52.6 Å².